The Balaban J connectivity index is 2.08. The Kier molecular flexibility index (Phi) is 3.13. The zero-order valence-corrected chi connectivity index (χ0v) is 9.87. The van der Waals surface area contributed by atoms with Gasteiger partial charge < -0.3 is 0 Å². The van der Waals surface area contributed by atoms with Gasteiger partial charge in [-0.3, -0.25) is 14.5 Å². The highest BCUT2D eigenvalue weighted by molar-refractivity contribution is 6.13. The van der Waals surface area contributed by atoms with Gasteiger partial charge in [0.1, 0.15) is 0 Å². The van der Waals surface area contributed by atoms with Crippen molar-refractivity contribution < 1.29 is 9.59 Å². The third-order valence-electron chi connectivity index (χ3n) is 3.89. The lowest BCUT2D eigenvalue weighted by atomic mass is 9.84. The van der Waals surface area contributed by atoms with Gasteiger partial charge in [0.25, 0.3) is 5.91 Å². The van der Waals surface area contributed by atoms with E-state index in [1.807, 2.05) is 6.92 Å². The van der Waals surface area contributed by atoms with Crippen molar-refractivity contribution in [3.05, 3.63) is 12.2 Å². The van der Waals surface area contributed by atoms with Crippen LogP contribution >= 0.6 is 0 Å². The van der Waals surface area contributed by atoms with Crippen LogP contribution in [-0.2, 0) is 9.59 Å². The number of hydrogen-bond acceptors (Lipinski definition) is 2. The second-order valence-corrected chi connectivity index (χ2v) is 4.99. The molecule has 1 saturated heterocycles. The topological polar surface area (TPSA) is 37.4 Å². The zero-order chi connectivity index (χ0) is 11.7. The summed E-state index contributed by atoms with van der Waals surface area (Å²) in [4.78, 5) is 25.0. The molecule has 0 aromatic heterocycles. The molecule has 3 heteroatoms. The van der Waals surface area contributed by atoms with Gasteiger partial charge in [-0.1, -0.05) is 25.8 Å². The fraction of sp³-hybridized carbons (Fsp3) is 0.692. The highest BCUT2D eigenvalue weighted by Crippen LogP contribution is 2.31. The molecule has 2 aliphatic rings. The molecule has 2 amide bonds. The van der Waals surface area contributed by atoms with Gasteiger partial charge in [0.2, 0.25) is 5.91 Å². The third-order valence-corrected chi connectivity index (χ3v) is 3.89. The summed E-state index contributed by atoms with van der Waals surface area (Å²) in [5, 5.41) is 0. The average molecular weight is 221 g/mol. The van der Waals surface area contributed by atoms with E-state index in [0.717, 1.165) is 12.8 Å². The third kappa shape index (κ3) is 1.91. The minimum Gasteiger partial charge on any atom is -0.275 e. The van der Waals surface area contributed by atoms with Crippen molar-refractivity contribution >= 4 is 11.8 Å². The smallest absolute Gasteiger partial charge is 0.256 e. The molecule has 1 atom stereocenters. The SMILES string of the molecule is C=C1CC(=O)N([C@H](C)C2CCCCC2)C1=O. The molecule has 1 saturated carbocycles. The van der Waals surface area contributed by atoms with E-state index in [2.05, 4.69) is 6.58 Å². The van der Waals surface area contributed by atoms with Gasteiger partial charge in [0.15, 0.2) is 0 Å². The Morgan fingerprint density at radius 1 is 1.25 bits per heavy atom. The van der Waals surface area contributed by atoms with Crippen LogP contribution in [-0.4, -0.2) is 22.8 Å². The molecule has 1 aliphatic carbocycles. The van der Waals surface area contributed by atoms with Gasteiger partial charge in [-0.05, 0) is 25.7 Å². The van der Waals surface area contributed by atoms with Crippen molar-refractivity contribution in [2.24, 2.45) is 5.92 Å². The molecule has 0 N–H and O–H groups in total. The predicted molar refractivity (Wildman–Crippen MR) is 61.6 cm³/mol. The van der Waals surface area contributed by atoms with Crippen molar-refractivity contribution in [2.75, 3.05) is 0 Å². The molecular weight excluding hydrogens is 202 g/mol. The number of carbonyl (C=O) groups is 2. The Morgan fingerprint density at radius 2 is 1.88 bits per heavy atom. The second kappa shape index (κ2) is 4.40. The summed E-state index contributed by atoms with van der Waals surface area (Å²) in [6, 6.07) is 0.0551. The Bertz CT molecular complexity index is 329. The van der Waals surface area contributed by atoms with Crippen LogP contribution < -0.4 is 0 Å². The van der Waals surface area contributed by atoms with Gasteiger partial charge in [0.05, 0.1) is 6.42 Å². The molecule has 0 unspecified atom stereocenters. The van der Waals surface area contributed by atoms with Crippen LogP contribution in [0.3, 0.4) is 0 Å². The van der Waals surface area contributed by atoms with Crippen molar-refractivity contribution in [1.82, 2.24) is 4.90 Å². The second-order valence-electron chi connectivity index (χ2n) is 4.99. The Morgan fingerprint density at radius 3 is 2.38 bits per heavy atom. The highest BCUT2D eigenvalue weighted by atomic mass is 16.2. The van der Waals surface area contributed by atoms with Crippen molar-refractivity contribution in [2.45, 2.75) is 51.5 Å². The molecule has 0 aromatic carbocycles. The van der Waals surface area contributed by atoms with E-state index in [1.165, 1.54) is 24.2 Å². The van der Waals surface area contributed by atoms with Crippen LogP contribution in [0.25, 0.3) is 0 Å². The predicted octanol–water partition coefficient (Wildman–Crippen LogP) is 2.27. The number of nitrogens with zero attached hydrogens (tertiary/aromatic N) is 1. The standard InChI is InChI=1S/C13H19NO2/c1-9-8-12(15)14(13(9)16)10(2)11-6-4-3-5-7-11/h10-11H,1,3-8H2,2H3/t10-/m1/s1. The molecule has 2 rings (SSSR count). The van der Waals surface area contributed by atoms with E-state index in [9.17, 15) is 9.59 Å². The first kappa shape index (κ1) is 11.4. The summed E-state index contributed by atoms with van der Waals surface area (Å²) in [6.07, 6.45) is 6.25. The molecular formula is C13H19NO2. The van der Waals surface area contributed by atoms with Crippen molar-refractivity contribution in [3.63, 3.8) is 0 Å². The Labute approximate surface area is 96.5 Å². The molecule has 0 radical (unpaired) electrons. The lowest BCUT2D eigenvalue weighted by Crippen LogP contribution is -2.42. The molecule has 0 bridgehead atoms. The molecule has 2 fully saturated rings. The van der Waals surface area contributed by atoms with Gasteiger partial charge in [-0.25, -0.2) is 0 Å². The number of rotatable bonds is 2. The number of likely N-dealkylation sites (tertiary alicyclic amines) is 1. The summed E-state index contributed by atoms with van der Waals surface area (Å²) in [6.45, 7) is 5.66. The maximum absolute atomic E-state index is 11.8. The molecule has 16 heavy (non-hydrogen) atoms. The van der Waals surface area contributed by atoms with E-state index in [0.29, 0.717) is 11.5 Å². The molecule has 1 aliphatic heterocycles. The van der Waals surface area contributed by atoms with Gasteiger partial charge in [-0.2, -0.15) is 0 Å². The van der Waals surface area contributed by atoms with Gasteiger partial charge in [0, 0.05) is 11.6 Å². The van der Waals surface area contributed by atoms with Crippen LogP contribution in [0.15, 0.2) is 12.2 Å². The van der Waals surface area contributed by atoms with Crippen molar-refractivity contribution in [3.8, 4) is 0 Å². The maximum atomic E-state index is 11.8. The molecule has 88 valence electrons. The number of amides is 2. The summed E-state index contributed by atoms with van der Waals surface area (Å²) in [7, 11) is 0. The van der Waals surface area contributed by atoms with E-state index in [1.54, 1.807) is 0 Å². The lowest BCUT2D eigenvalue weighted by Gasteiger charge is -2.32. The first-order valence-electron chi connectivity index (χ1n) is 6.15. The first-order chi connectivity index (χ1) is 7.61. The minimum atomic E-state index is -0.150. The van der Waals surface area contributed by atoms with E-state index in [-0.39, 0.29) is 24.3 Å². The maximum Gasteiger partial charge on any atom is 0.256 e. The van der Waals surface area contributed by atoms with Gasteiger partial charge >= 0.3 is 0 Å². The minimum absolute atomic E-state index is 0.0551. The van der Waals surface area contributed by atoms with Crippen LogP contribution in [0.1, 0.15) is 45.4 Å². The van der Waals surface area contributed by atoms with Crippen LogP contribution in [0.4, 0.5) is 0 Å². The van der Waals surface area contributed by atoms with Crippen LogP contribution in [0.2, 0.25) is 0 Å². The number of imide groups is 1. The fourth-order valence-corrected chi connectivity index (χ4v) is 2.87. The summed E-state index contributed by atoms with van der Waals surface area (Å²) >= 11 is 0. The van der Waals surface area contributed by atoms with Crippen LogP contribution in [0.5, 0.6) is 0 Å². The summed E-state index contributed by atoms with van der Waals surface area (Å²) in [5.41, 5.74) is 0.452. The lowest BCUT2D eigenvalue weighted by molar-refractivity contribution is -0.141. The normalized spacial score (nSPS) is 25.3. The van der Waals surface area contributed by atoms with Gasteiger partial charge in [-0.15, -0.1) is 0 Å². The zero-order valence-electron chi connectivity index (χ0n) is 9.87. The van der Waals surface area contributed by atoms with E-state index < -0.39 is 0 Å². The van der Waals surface area contributed by atoms with E-state index in [4.69, 9.17) is 0 Å². The molecule has 3 nitrogen and oxygen atoms in total. The fourth-order valence-electron chi connectivity index (χ4n) is 2.87. The summed E-state index contributed by atoms with van der Waals surface area (Å²) in [5.74, 6) is 0.281. The quantitative estimate of drug-likeness (QED) is 0.530. The van der Waals surface area contributed by atoms with Crippen LogP contribution in [0, 0.1) is 5.92 Å². The monoisotopic (exact) mass is 221 g/mol. The largest absolute Gasteiger partial charge is 0.275 e. The number of hydrogen-bond donors (Lipinski definition) is 0. The summed E-state index contributed by atoms with van der Waals surface area (Å²) < 4.78 is 0. The highest BCUT2D eigenvalue weighted by Gasteiger charge is 2.38. The first-order valence-corrected chi connectivity index (χ1v) is 6.15. The van der Waals surface area contributed by atoms with E-state index >= 15 is 0 Å². The Hall–Kier alpha value is -1.12. The molecule has 0 aromatic rings. The molecule has 1 heterocycles. The van der Waals surface area contributed by atoms with Crippen molar-refractivity contribution in [1.29, 1.82) is 0 Å². The number of carbonyl (C=O) groups excluding carboxylic acids is 2. The average Bonchev–Trinajstić information content (AvgIpc) is 2.54. The molecule has 0 spiro atoms.